The number of nitrogens with two attached hydrogens (primary N) is 1. The summed E-state index contributed by atoms with van der Waals surface area (Å²) in [5, 5.41) is 5.59. The van der Waals surface area contributed by atoms with Gasteiger partial charge in [0.05, 0.1) is 5.69 Å². The van der Waals surface area contributed by atoms with Crippen LogP contribution in [-0.2, 0) is 16.2 Å². The van der Waals surface area contributed by atoms with E-state index >= 15 is 0 Å². The van der Waals surface area contributed by atoms with Crippen LogP contribution in [-0.4, -0.2) is 17.5 Å². The topological polar surface area (TPSA) is 77.6 Å². The van der Waals surface area contributed by atoms with Gasteiger partial charge in [0.15, 0.2) is 18.0 Å². The molecule has 6 heteroatoms. The maximum atomic E-state index is 9.76. The van der Waals surface area contributed by atoms with Gasteiger partial charge in [-0.3, -0.25) is 4.79 Å². The van der Waals surface area contributed by atoms with E-state index in [-0.39, 0.29) is 6.61 Å². The van der Waals surface area contributed by atoms with Gasteiger partial charge in [-0.25, -0.2) is 4.98 Å². The average molecular weight is 185 g/mol. The van der Waals surface area contributed by atoms with E-state index < -0.39 is 0 Å². The van der Waals surface area contributed by atoms with Crippen molar-refractivity contribution in [2.75, 3.05) is 5.73 Å². The molecule has 0 saturated heterocycles. The molecule has 0 amide bonds. The zero-order valence-electron chi connectivity index (χ0n) is 6.14. The molecule has 0 spiro atoms. The van der Waals surface area contributed by atoms with Gasteiger partial charge in [-0.05, 0) is 0 Å². The molecule has 1 aromatic rings. The van der Waals surface area contributed by atoms with Crippen molar-refractivity contribution in [1.29, 1.82) is 0 Å². The Labute approximate surface area is 72.9 Å². The van der Waals surface area contributed by atoms with Gasteiger partial charge in [0.25, 0.3) is 0 Å². The molecule has 64 valence electrons. The molecule has 1 heterocycles. The molecule has 2 N–H and O–H groups in total. The molecular weight excluding hydrogens is 178 g/mol. The molecule has 0 bridgehead atoms. The van der Waals surface area contributed by atoms with Gasteiger partial charge in [0.2, 0.25) is 0 Å². The molecule has 0 radical (unpaired) electrons. The highest BCUT2D eigenvalue weighted by molar-refractivity contribution is 7.13. The van der Waals surface area contributed by atoms with Crippen molar-refractivity contribution in [3.05, 3.63) is 11.1 Å². The van der Waals surface area contributed by atoms with E-state index in [9.17, 15) is 4.79 Å². The van der Waals surface area contributed by atoms with Crippen molar-refractivity contribution in [2.24, 2.45) is 5.16 Å². The van der Waals surface area contributed by atoms with Crippen molar-refractivity contribution in [3.8, 4) is 0 Å². The predicted octanol–water partition coefficient (Wildman–Crippen LogP) is 0.427. The monoisotopic (exact) mass is 185 g/mol. The lowest BCUT2D eigenvalue weighted by Gasteiger charge is -1.91. The second-order valence-corrected chi connectivity index (χ2v) is 2.73. The van der Waals surface area contributed by atoms with Gasteiger partial charge < -0.3 is 10.6 Å². The lowest BCUT2D eigenvalue weighted by atomic mass is 10.5. The largest absolute Gasteiger partial charge is 0.389 e. The van der Waals surface area contributed by atoms with E-state index in [2.05, 4.69) is 10.1 Å². The van der Waals surface area contributed by atoms with Crippen molar-refractivity contribution < 1.29 is 9.63 Å². The molecule has 0 aliphatic heterocycles. The number of aromatic nitrogens is 1. The molecule has 0 unspecified atom stereocenters. The van der Waals surface area contributed by atoms with Gasteiger partial charge >= 0.3 is 0 Å². The first-order valence-corrected chi connectivity index (χ1v) is 4.00. The Bertz CT molecular complexity index is 284. The van der Waals surface area contributed by atoms with E-state index in [0.717, 1.165) is 6.21 Å². The molecule has 0 aromatic carbocycles. The molecule has 0 aliphatic rings. The highest BCUT2D eigenvalue weighted by atomic mass is 32.1. The highest BCUT2D eigenvalue weighted by Crippen LogP contribution is 2.11. The lowest BCUT2D eigenvalue weighted by Crippen LogP contribution is -1.89. The van der Waals surface area contributed by atoms with Gasteiger partial charge in [-0.15, -0.1) is 11.3 Å². The van der Waals surface area contributed by atoms with E-state index in [1.807, 2.05) is 0 Å². The molecule has 0 fully saturated rings. The van der Waals surface area contributed by atoms with Crippen molar-refractivity contribution >= 4 is 29.0 Å². The average Bonchev–Trinajstić information content (AvgIpc) is 2.45. The highest BCUT2D eigenvalue weighted by Gasteiger charge is 1.97. The summed E-state index contributed by atoms with van der Waals surface area (Å²) in [4.78, 5) is 18.4. The Morgan fingerprint density at radius 3 is 3.25 bits per heavy atom. The van der Waals surface area contributed by atoms with Crippen LogP contribution in [0.25, 0.3) is 0 Å². The third kappa shape index (κ3) is 2.67. The number of aldehydes is 1. The first-order valence-electron chi connectivity index (χ1n) is 3.12. The number of nitrogens with zero attached hydrogens (tertiary/aromatic N) is 2. The quantitative estimate of drug-likeness (QED) is 0.419. The number of hydrogen-bond donors (Lipinski definition) is 1. The third-order valence-corrected chi connectivity index (χ3v) is 1.70. The van der Waals surface area contributed by atoms with Gasteiger partial charge in [0, 0.05) is 5.38 Å². The minimum Gasteiger partial charge on any atom is -0.389 e. The SMILES string of the molecule is Nc1nc(CO/N=C\C=O)cs1. The summed E-state index contributed by atoms with van der Waals surface area (Å²) in [5.41, 5.74) is 6.08. The Morgan fingerprint density at radius 2 is 2.67 bits per heavy atom. The first kappa shape index (κ1) is 8.66. The van der Waals surface area contributed by atoms with E-state index in [1.165, 1.54) is 11.3 Å². The Morgan fingerprint density at radius 1 is 1.83 bits per heavy atom. The molecule has 1 rings (SSSR count). The van der Waals surface area contributed by atoms with Crippen molar-refractivity contribution in [3.63, 3.8) is 0 Å². The summed E-state index contributed by atoms with van der Waals surface area (Å²) in [5.74, 6) is 0. The van der Waals surface area contributed by atoms with Crippen LogP contribution < -0.4 is 5.73 Å². The zero-order valence-corrected chi connectivity index (χ0v) is 6.95. The van der Waals surface area contributed by atoms with Crippen molar-refractivity contribution in [2.45, 2.75) is 6.61 Å². The third-order valence-electron chi connectivity index (χ3n) is 0.978. The summed E-state index contributed by atoms with van der Waals surface area (Å²) in [7, 11) is 0. The fourth-order valence-electron chi connectivity index (χ4n) is 0.560. The number of anilines is 1. The maximum absolute atomic E-state index is 9.76. The Kier molecular flexibility index (Phi) is 3.21. The van der Waals surface area contributed by atoms with Crippen LogP contribution in [0.15, 0.2) is 10.5 Å². The van der Waals surface area contributed by atoms with Crippen LogP contribution in [0.3, 0.4) is 0 Å². The summed E-state index contributed by atoms with van der Waals surface area (Å²) >= 11 is 1.33. The minimum atomic E-state index is 0.234. The molecular formula is C6H7N3O2S. The summed E-state index contributed by atoms with van der Waals surface area (Å²) in [6.07, 6.45) is 1.56. The van der Waals surface area contributed by atoms with E-state index in [4.69, 9.17) is 10.6 Å². The van der Waals surface area contributed by atoms with Gasteiger partial charge in [-0.1, -0.05) is 5.16 Å². The number of thiazole rings is 1. The molecule has 0 saturated carbocycles. The second-order valence-electron chi connectivity index (χ2n) is 1.84. The summed E-state index contributed by atoms with van der Waals surface area (Å²) < 4.78 is 0. The zero-order chi connectivity index (χ0) is 8.81. The summed E-state index contributed by atoms with van der Waals surface area (Å²) in [6.45, 7) is 0.234. The Hall–Kier alpha value is -1.43. The molecule has 0 atom stereocenters. The fraction of sp³-hybridized carbons (Fsp3) is 0.167. The number of carbonyl (C=O) groups is 1. The number of nitrogen functional groups attached to an aromatic ring is 1. The number of carbonyl (C=O) groups excluding carboxylic acids is 1. The normalized spacial score (nSPS) is 10.3. The molecule has 1 aromatic heterocycles. The first-order chi connectivity index (χ1) is 5.83. The van der Waals surface area contributed by atoms with Crippen LogP contribution in [0.2, 0.25) is 0 Å². The minimum absolute atomic E-state index is 0.234. The lowest BCUT2D eigenvalue weighted by molar-refractivity contribution is -0.102. The van der Waals surface area contributed by atoms with E-state index in [1.54, 1.807) is 5.38 Å². The van der Waals surface area contributed by atoms with Crippen LogP contribution in [0.1, 0.15) is 5.69 Å². The van der Waals surface area contributed by atoms with Crippen LogP contribution >= 0.6 is 11.3 Å². The smallest absolute Gasteiger partial charge is 0.180 e. The Balaban J connectivity index is 2.33. The fourth-order valence-corrected chi connectivity index (χ4v) is 1.11. The molecule has 5 nitrogen and oxygen atoms in total. The van der Waals surface area contributed by atoms with Crippen LogP contribution in [0, 0.1) is 0 Å². The van der Waals surface area contributed by atoms with E-state index in [0.29, 0.717) is 17.1 Å². The summed E-state index contributed by atoms with van der Waals surface area (Å²) in [6, 6.07) is 0. The number of rotatable bonds is 4. The standard InChI is InChI=1S/C6H7N3O2S/c7-6-9-5(4-12-6)3-11-8-1-2-10/h1-2,4H,3H2,(H2,7,9)/b8-1-. The van der Waals surface area contributed by atoms with Gasteiger partial charge in [-0.2, -0.15) is 0 Å². The second kappa shape index (κ2) is 4.45. The van der Waals surface area contributed by atoms with Crippen molar-refractivity contribution in [1.82, 2.24) is 4.98 Å². The van der Waals surface area contributed by atoms with Crippen LogP contribution in [0.4, 0.5) is 5.13 Å². The van der Waals surface area contributed by atoms with Gasteiger partial charge in [0.1, 0.15) is 6.21 Å². The molecule has 0 aliphatic carbocycles. The maximum Gasteiger partial charge on any atom is 0.180 e. The predicted molar refractivity (Wildman–Crippen MR) is 45.9 cm³/mol. The van der Waals surface area contributed by atoms with Crippen LogP contribution in [0.5, 0.6) is 0 Å². The molecule has 12 heavy (non-hydrogen) atoms. The number of hydrogen-bond acceptors (Lipinski definition) is 6. The number of oxime groups is 1.